The van der Waals surface area contributed by atoms with Crippen molar-refractivity contribution in [1.29, 1.82) is 0 Å². The number of hydrogen-bond donors (Lipinski definition) is 2. The highest BCUT2D eigenvalue weighted by Crippen LogP contribution is 2.34. The van der Waals surface area contributed by atoms with Crippen LogP contribution in [0, 0.1) is 12.8 Å². The summed E-state index contributed by atoms with van der Waals surface area (Å²) in [5, 5.41) is 5.79. The Kier molecular flexibility index (Phi) is 7.63. The van der Waals surface area contributed by atoms with Crippen molar-refractivity contribution in [3.05, 3.63) is 16.0 Å². The van der Waals surface area contributed by atoms with Gasteiger partial charge in [-0.2, -0.15) is 0 Å². The average Bonchev–Trinajstić information content (AvgIpc) is 2.96. The number of rotatable bonds is 7. The van der Waals surface area contributed by atoms with E-state index in [1.54, 1.807) is 13.8 Å². The molecule has 26 heavy (non-hydrogen) atoms. The normalized spacial score (nSPS) is 14.7. The summed E-state index contributed by atoms with van der Waals surface area (Å²) < 4.78 is 5.10. The maximum Gasteiger partial charge on any atom is 0.341 e. The number of carbonyl (C=O) groups excluding carboxylic acids is 3. The lowest BCUT2D eigenvalue weighted by molar-refractivity contribution is -0.116. The first-order chi connectivity index (χ1) is 12.5. The number of hydrogen-bond acceptors (Lipinski definition) is 5. The van der Waals surface area contributed by atoms with Crippen LogP contribution in [0.2, 0.25) is 0 Å². The lowest BCUT2D eigenvalue weighted by Crippen LogP contribution is -2.18. The molecule has 0 unspecified atom stereocenters. The summed E-state index contributed by atoms with van der Waals surface area (Å²) in [6.45, 7) is 3.66. The second-order valence-corrected chi connectivity index (χ2v) is 7.67. The van der Waals surface area contributed by atoms with E-state index < -0.39 is 5.97 Å². The van der Waals surface area contributed by atoms with Gasteiger partial charge < -0.3 is 15.4 Å². The Bertz CT molecular complexity index is 663. The summed E-state index contributed by atoms with van der Waals surface area (Å²) in [4.78, 5) is 37.1. The molecule has 2 amide bonds. The smallest absolute Gasteiger partial charge is 0.341 e. The van der Waals surface area contributed by atoms with E-state index in [4.69, 9.17) is 4.74 Å². The second-order valence-electron chi connectivity index (χ2n) is 6.65. The van der Waals surface area contributed by atoms with E-state index in [9.17, 15) is 14.4 Å². The van der Waals surface area contributed by atoms with E-state index in [-0.39, 0.29) is 24.0 Å². The number of nitrogens with one attached hydrogen (secondary N) is 2. The molecule has 1 aromatic heterocycles. The van der Waals surface area contributed by atoms with Crippen LogP contribution in [0.25, 0.3) is 0 Å². The van der Waals surface area contributed by atoms with Crippen LogP contribution in [-0.4, -0.2) is 31.4 Å². The Morgan fingerprint density at radius 1 is 1.19 bits per heavy atom. The Morgan fingerprint density at radius 3 is 2.50 bits per heavy atom. The first-order valence-corrected chi connectivity index (χ1v) is 10.1. The van der Waals surface area contributed by atoms with Gasteiger partial charge in [-0.25, -0.2) is 4.79 Å². The van der Waals surface area contributed by atoms with Crippen molar-refractivity contribution in [1.82, 2.24) is 5.32 Å². The van der Waals surface area contributed by atoms with Crippen molar-refractivity contribution in [3.63, 3.8) is 0 Å². The van der Waals surface area contributed by atoms with Gasteiger partial charge in [0.1, 0.15) is 5.00 Å². The highest BCUT2D eigenvalue weighted by Gasteiger charge is 2.26. The Hall–Kier alpha value is -1.89. The Labute approximate surface area is 158 Å². The quantitative estimate of drug-likeness (QED) is 0.703. The highest BCUT2D eigenvalue weighted by molar-refractivity contribution is 7.18. The molecule has 2 N–H and O–H groups in total. The lowest BCUT2D eigenvalue weighted by atomic mass is 9.86. The molecule has 1 aliphatic carbocycles. The molecule has 6 nitrogen and oxygen atoms in total. The van der Waals surface area contributed by atoms with Gasteiger partial charge in [-0.3, -0.25) is 9.59 Å². The van der Waals surface area contributed by atoms with Crippen molar-refractivity contribution >= 4 is 34.1 Å². The van der Waals surface area contributed by atoms with E-state index in [0.717, 1.165) is 17.8 Å². The fraction of sp³-hybridized carbons (Fsp3) is 0.632. The monoisotopic (exact) mass is 380 g/mol. The van der Waals surface area contributed by atoms with E-state index in [1.807, 2.05) is 0 Å². The standard InChI is InChI=1S/C19H28N2O4S/c1-4-25-19(24)15-12(2)16(17(23)20-3)26-18(15)21-14(22)11-10-13-8-6-5-7-9-13/h13H,4-11H2,1-3H3,(H,20,23)(H,21,22). The molecule has 1 saturated carbocycles. The molecule has 0 atom stereocenters. The van der Waals surface area contributed by atoms with Gasteiger partial charge in [0.2, 0.25) is 5.91 Å². The molecule has 1 heterocycles. The van der Waals surface area contributed by atoms with Crippen LogP contribution in [0.15, 0.2) is 0 Å². The van der Waals surface area contributed by atoms with Crippen LogP contribution in [0.3, 0.4) is 0 Å². The summed E-state index contributed by atoms with van der Waals surface area (Å²) in [5.74, 6) is -0.295. The van der Waals surface area contributed by atoms with Crippen LogP contribution >= 0.6 is 11.3 Å². The van der Waals surface area contributed by atoms with Crippen molar-refractivity contribution in [3.8, 4) is 0 Å². The largest absolute Gasteiger partial charge is 0.462 e. The molecule has 1 aliphatic rings. The molecular formula is C19H28N2O4S. The number of anilines is 1. The van der Waals surface area contributed by atoms with Crippen molar-refractivity contribution in [2.75, 3.05) is 19.0 Å². The minimum atomic E-state index is -0.515. The maximum absolute atomic E-state index is 12.4. The van der Waals surface area contributed by atoms with Gasteiger partial charge in [0.25, 0.3) is 5.91 Å². The Morgan fingerprint density at radius 2 is 1.88 bits per heavy atom. The molecule has 0 radical (unpaired) electrons. The lowest BCUT2D eigenvalue weighted by Gasteiger charge is -2.20. The molecule has 0 aliphatic heterocycles. The van der Waals surface area contributed by atoms with E-state index >= 15 is 0 Å². The molecule has 0 saturated heterocycles. The van der Waals surface area contributed by atoms with Crippen LogP contribution in [0.4, 0.5) is 5.00 Å². The van der Waals surface area contributed by atoms with Crippen molar-refractivity contribution < 1.29 is 19.1 Å². The SMILES string of the molecule is CCOC(=O)c1c(NC(=O)CCC2CCCCC2)sc(C(=O)NC)c1C. The predicted octanol–water partition coefficient (Wildman–Crippen LogP) is 3.89. The van der Waals surface area contributed by atoms with Crippen LogP contribution in [-0.2, 0) is 9.53 Å². The van der Waals surface area contributed by atoms with Gasteiger partial charge in [-0.05, 0) is 31.7 Å². The van der Waals surface area contributed by atoms with Crippen LogP contribution < -0.4 is 10.6 Å². The molecule has 1 fully saturated rings. The third-order valence-corrected chi connectivity index (χ3v) is 6.02. The van der Waals surface area contributed by atoms with E-state index in [1.165, 1.54) is 39.2 Å². The number of amides is 2. The molecule has 0 spiro atoms. The maximum atomic E-state index is 12.4. The van der Waals surface area contributed by atoms with Gasteiger partial charge in [-0.1, -0.05) is 32.1 Å². The third kappa shape index (κ3) is 5.06. The molecule has 144 valence electrons. The van der Waals surface area contributed by atoms with Crippen molar-refractivity contribution in [2.24, 2.45) is 5.92 Å². The van der Waals surface area contributed by atoms with Crippen LogP contribution in [0.1, 0.15) is 77.5 Å². The second kappa shape index (κ2) is 9.71. The van der Waals surface area contributed by atoms with Gasteiger partial charge in [0.15, 0.2) is 0 Å². The van der Waals surface area contributed by atoms with E-state index in [2.05, 4.69) is 10.6 Å². The zero-order chi connectivity index (χ0) is 19.1. The van der Waals surface area contributed by atoms with Crippen LogP contribution in [0.5, 0.6) is 0 Å². The minimum absolute atomic E-state index is 0.120. The summed E-state index contributed by atoms with van der Waals surface area (Å²) in [6, 6.07) is 0. The molecule has 2 rings (SSSR count). The highest BCUT2D eigenvalue weighted by atomic mass is 32.1. The predicted molar refractivity (Wildman–Crippen MR) is 103 cm³/mol. The summed E-state index contributed by atoms with van der Waals surface area (Å²) in [6.07, 6.45) is 7.48. The summed E-state index contributed by atoms with van der Waals surface area (Å²) in [5.41, 5.74) is 0.817. The molecular weight excluding hydrogens is 352 g/mol. The van der Waals surface area contributed by atoms with Gasteiger partial charge in [-0.15, -0.1) is 11.3 Å². The fourth-order valence-electron chi connectivity index (χ4n) is 3.38. The summed E-state index contributed by atoms with van der Waals surface area (Å²) >= 11 is 1.12. The first kappa shape index (κ1) is 20.4. The molecule has 7 heteroatoms. The minimum Gasteiger partial charge on any atom is -0.462 e. The number of esters is 1. The molecule has 1 aromatic rings. The topological polar surface area (TPSA) is 84.5 Å². The molecule has 0 aromatic carbocycles. The fourth-order valence-corrected chi connectivity index (χ4v) is 4.54. The zero-order valence-corrected chi connectivity index (χ0v) is 16.6. The van der Waals surface area contributed by atoms with Gasteiger partial charge in [0, 0.05) is 13.5 Å². The van der Waals surface area contributed by atoms with Crippen molar-refractivity contribution in [2.45, 2.75) is 58.8 Å². The first-order valence-electron chi connectivity index (χ1n) is 9.30. The number of ether oxygens (including phenoxy) is 1. The zero-order valence-electron chi connectivity index (χ0n) is 15.8. The van der Waals surface area contributed by atoms with Gasteiger partial charge >= 0.3 is 5.97 Å². The van der Waals surface area contributed by atoms with Gasteiger partial charge in [0.05, 0.1) is 17.0 Å². The van der Waals surface area contributed by atoms with E-state index in [0.29, 0.717) is 27.8 Å². The molecule has 0 bridgehead atoms. The average molecular weight is 381 g/mol. The number of thiophene rings is 1. The third-order valence-electron chi connectivity index (χ3n) is 4.82. The Balaban J connectivity index is 2.11. The number of carbonyl (C=O) groups is 3. The summed E-state index contributed by atoms with van der Waals surface area (Å²) in [7, 11) is 1.54.